The standard InChI is InChI=1S/C10H14ClN3O2/c1-7(2)9(5-11)13-10-4-3-8(6-12-10)14(15)16/h3-4,6-7,9H,5H2,1-2H3,(H,12,13). The van der Waals surface area contributed by atoms with Crippen LogP contribution in [0.1, 0.15) is 13.8 Å². The summed E-state index contributed by atoms with van der Waals surface area (Å²) in [5.41, 5.74) is -0.0162. The van der Waals surface area contributed by atoms with E-state index in [4.69, 9.17) is 11.6 Å². The van der Waals surface area contributed by atoms with Crippen LogP contribution in [0.5, 0.6) is 0 Å². The average Bonchev–Trinajstić information content (AvgIpc) is 2.26. The highest BCUT2D eigenvalue weighted by molar-refractivity contribution is 6.18. The predicted molar refractivity (Wildman–Crippen MR) is 63.9 cm³/mol. The van der Waals surface area contributed by atoms with Gasteiger partial charge in [-0.25, -0.2) is 4.98 Å². The van der Waals surface area contributed by atoms with Crippen LogP contribution in [0.2, 0.25) is 0 Å². The zero-order valence-electron chi connectivity index (χ0n) is 9.18. The Balaban J connectivity index is 2.71. The fourth-order valence-corrected chi connectivity index (χ4v) is 1.59. The number of pyridine rings is 1. The van der Waals surface area contributed by atoms with E-state index in [-0.39, 0.29) is 11.7 Å². The molecule has 6 heteroatoms. The minimum absolute atomic E-state index is 0.0162. The van der Waals surface area contributed by atoms with Crippen molar-refractivity contribution < 1.29 is 4.92 Å². The molecule has 1 aromatic rings. The minimum atomic E-state index is -0.474. The maximum absolute atomic E-state index is 10.4. The molecule has 0 spiro atoms. The second kappa shape index (κ2) is 5.65. The van der Waals surface area contributed by atoms with Gasteiger partial charge in [-0.1, -0.05) is 13.8 Å². The second-order valence-corrected chi connectivity index (χ2v) is 4.12. The Morgan fingerprint density at radius 1 is 1.56 bits per heavy atom. The summed E-state index contributed by atoms with van der Waals surface area (Å²) in [5.74, 6) is 1.44. The molecule has 0 aliphatic rings. The fourth-order valence-electron chi connectivity index (χ4n) is 1.15. The number of nitro groups is 1. The van der Waals surface area contributed by atoms with E-state index >= 15 is 0 Å². The summed E-state index contributed by atoms with van der Waals surface area (Å²) in [4.78, 5) is 13.9. The minimum Gasteiger partial charge on any atom is -0.366 e. The van der Waals surface area contributed by atoms with Crippen molar-refractivity contribution in [3.05, 3.63) is 28.4 Å². The Labute approximate surface area is 99.0 Å². The molecule has 1 unspecified atom stereocenters. The first-order valence-corrected chi connectivity index (χ1v) is 5.51. The third-order valence-electron chi connectivity index (χ3n) is 2.26. The Morgan fingerprint density at radius 2 is 2.25 bits per heavy atom. The molecule has 88 valence electrons. The lowest BCUT2D eigenvalue weighted by molar-refractivity contribution is -0.385. The third kappa shape index (κ3) is 3.34. The highest BCUT2D eigenvalue weighted by Crippen LogP contribution is 2.15. The molecule has 0 bridgehead atoms. The summed E-state index contributed by atoms with van der Waals surface area (Å²) in [6.07, 6.45) is 1.23. The fraction of sp³-hybridized carbons (Fsp3) is 0.500. The van der Waals surface area contributed by atoms with Crippen molar-refractivity contribution >= 4 is 23.1 Å². The van der Waals surface area contributed by atoms with Gasteiger partial charge in [0.1, 0.15) is 12.0 Å². The summed E-state index contributed by atoms with van der Waals surface area (Å²) < 4.78 is 0. The highest BCUT2D eigenvalue weighted by atomic mass is 35.5. The van der Waals surface area contributed by atoms with Crippen LogP contribution in [0, 0.1) is 16.0 Å². The molecule has 0 aliphatic carbocycles. The molecule has 1 N–H and O–H groups in total. The molecule has 1 atom stereocenters. The number of rotatable bonds is 5. The lowest BCUT2D eigenvalue weighted by atomic mass is 10.1. The van der Waals surface area contributed by atoms with E-state index in [9.17, 15) is 10.1 Å². The summed E-state index contributed by atoms with van der Waals surface area (Å²) in [6.45, 7) is 4.09. The number of alkyl halides is 1. The van der Waals surface area contributed by atoms with E-state index < -0.39 is 4.92 Å². The van der Waals surface area contributed by atoms with Crippen LogP contribution in [0.15, 0.2) is 18.3 Å². The van der Waals surface area contributed by atoms with E-state index in [0.29, 0.717) is 17.6 Å². The largest absolute Gasteiger partial charge is 0.366 e. The van der Waals surface area contributed by atoms with Crippen LogP contribution in [0.4, 0.5) is 11.5 Å². The van der Waals surface area contributed by atoms with Gasteiger partial charge in [0, 0.05) is 18.0 Å². The summed E-state index contributed by atoms with van der Waals surface area (Å²) >= 11 is 5.80. The molecule has 1 aromatic heterocycles. The van der Waals surface area contributed by atoms with E-state index in [2.05, 4.69) is 10.3 Å². The number of nitrogens with zero attached hydrogens (tertiary/aromatic N) is 2. The molecule has 0 aromatic carbocycles. The maximum Gasteiger partial charge on any atom is 0.287 e. The SMILES string of the molecule is CC(C)C(CCl)Nc1ccc([N+](=O)[O-])cn1. The summed E-state index contributed by atoms with van der Waals surface area (Å²) in [6, 6.07) is 3.11. The molecule has 5 nitrogen and oxygen atoms in total. The zero-order valence-corrected chi connectivity index (χ0v) is 9.94. The predicted octanol–water partition coefficient (Wildman–Crippen LogP) is 2.67. The Bertz CT molecular complexity index is 354. The van der Waals surface area contributed by atoms with Gasteiger partial charge in [0.2, 0.25) is 0 Å². The molecule has 1 rings (SSSR count). The molecule has 0 saturated heterocycles. The van der Waals surface area contributed by atoms with Gasteiger partial charge < -0.3 is 5.32 Å². The van der Waals surface area contributed by atoms with Gasteiger partial charge in [0.15, 0.2) is 0 Å². The van der Waals surface area contributed by atoms with Crippen LogP contribution in [-0.2, 0) is 0 Å². The number of hydrogen-bond acceptors (Lipinski definition) is 4. The lowest BCUT2D eigenvalue weighted by Gasteiger charge is -2.19. The normalized spacial score (nSPS) is 12.5. The summed E-state index contributed by atoms with van der Waals surface area (Å²) in [7, 11) is 0. The quantitative estimate of drug-likeness (QED) is 0.490. The van der Waals surface area contributed by atoms with Gasteiger partial charge in [-0.3, -0.25) is 10.1 Å². The van der Waals surface area contributed by atoms with Gasteiger partial charge in [-0.2, -0.15) is 0 Å². The Kier molecular flexibility index (Phi) is 4.49. The molecule has 1 heterocycles. The van der Waals surface area contributed by atoms with Crippen molar-refractivity contribution in [3.8, 4) is 0 Å². The van der Waals surface area contributed by atoms with Crippen LogP contribution in [0.3, 0.4) is 0 Å². The van der Waals surface area contributed by atoms with Gasteiger partial charge in [-0.05, 0) is 12.0 Å². The van der Waals surface area contributed by atoms with Crippen LogP contribution >= 0.6 is 11.6 Å². The van der Waals surface area contributed by atoms with E-state index in [1.54, 1.807) is 6.07 Å². The number of hydrogen-bond donors (Lipinski definition) is 1. The van der Waals surface area contributed by atoms with Gasteiger partial charge in [0.05, 0.1) is 4.92 Å². The molecular weight excluding hydrogens is 230 g/mol. The monoisotopic (exact) mass is 243 g/mol. The molecule has 0 fully saturated rings. The number of halogens is 1. The van der Waals surface area contributed by atoms with E-state index in [1.165, 1.54) is 12.3 Å². The molecular formula is C10H14ClN3O2. The highest BCUT2D eigenvalue weighted by Gasteiger charge is 2.13. The Hall–Kier alpha value is -1.36. The number of aromatic nitrogens is 1. The first-order valence-electron chi connectivity index (χ1n) is 4.97. The molecule has 0 radical (unpaired) electrons. The van der Waals surface area contributed by atoms with Crippen LogP contribution in [0.25, 0.3) is 0 Å². The smallest absolute Gasteiger partial charge is 0.287 e. The Morgan fingerprint density at radius 3 is 2.62 bits per heavy atom. The maximum atomic E-state index is 10.4. The lowest BCUT2D eigenvalue weighted by Crippen LogP contribution is -2.27. The average molecular weight is 244 g/mol. The third-order valence-corrected chi connectivity index (χ3v) is 2.60. The van der Waals surface area contributed by atoms with Crippen molar-refractivity contribution in [3.63, 3.8) is 0 Å². The van der Waals surface area contributed by atoms with Gasteiger partial charge in [-0.15, -0.1) is 11.6 Å². The summed E-state index contributed by atoms with van der Waals surface area (Å²) in [5, 5.41) is 13.6. The molecule has 0 aliphatic heterocycles. The van der Waals surface area contributed by atoms with Crippen molar-refractivity contribution in [2.45, 2.75) is 19.9 Å². The molecule has 16 heavy (non-hydrogen) atoms. The second-order valence-electron chi connectivity index (χ2n) is 3.81. The first kappa shape index (κ1) is 12.7. The topological polar surface area (TPSA) is 68.1 Å². The van der Waals surface area contributed by atoms with Crippen molar-refractivity contribution in [1.82, 2.24) is 4.98 Å². The van der Waals surface area contributed by atoms with Crippen LogP contribution < -0.4 is 5.32 Å². The molecule has 0 amide bonds. The zero-order chi connectivity index (χ0) is 12.1. The van der Waals surface area contributed by atoms with Crippen molar-refractivity contribution in [2.24, 2.45) is 5.92 Å². The van der Waals surface area contributed by atoms with Gasteiger partial charge >= 0.3 is 0 Å². The van der Waals surface area contributed by atoms with E-state index in [1.807, 2.05) is 13.8 Å². The van der Waals surface area contributed by atoms with Crippen LogP contribution in [-0.4, -0.2) is 21.8 Å². The number of anilines is 1. The van der Waals surface area contributed by atoms with Gasteiger partial charge in [0.25, 0.3) is 5.69 Å². The number of nitrogens with one attached hydrogen (secondary N) is 1. The van der Waals surface area contributed by atoms with E-state index in [0.717, 1.165) is 0 Å². The van der Waals surface area contributed by atoms with Crippen molar-refractivity contribution in [1.29, 1.82) is 0 Å². The van der Waals surface area contributed by atoms with Crippen molar-refractivity contribution in [2.75, 3.05) is 11.2 Å². The molecule has 0 saturated carbocycles. The first-order chi connectivity index (χ1) is 7.54.